The molecule has 0 unspecified atom stereocenters. The molecule has 7 heteroatoms. The third kappa shape index (κ3) is 3.04. The van der Waals surface area contributed by atoms with Gasteiger partial charge in [0.25, 0.3) is 11.8 Å². The fourth-order valence-electron chi connectivity index (χ4n) is 2.27. The van der Waals surface area contributed by atoms with Gasteiger partial charge in [-0.25, -0.2) is 0 Å². The van der Waals surface area contributed by atoms with E-state index in [1.807, 2.05) is 0 Å². The third-order valence-corrected chi connectivity index (χ3v) is 4.70. The van der Waals surface area contributed by atoms with Crippen LogP contribution in [0.5, 0.6) is 5.75 Å². The Kier molecular flexibility index (Phi) is 4.37. The number of rotatable bonds is 3. The van der Waals surface area contributed by atoms with E-state index in [4.69, 9.17) is 18.0 Å². The molecule has 2 amide bonds. The van der Waals surface area contributed by atoms with E-state index in [0.717, 1.165) is 17.3 Å². The largest absolute Gasteiger partial charge is 0.508 e. The minimum absolute atomic E-state index is 0.148. The molecule has 0 radical (unpaired) electrons. The molecule has 1 aliphatic heterocycles. The number of carbonyl (C=O) groups is 2. The average Bonchev–Trinajstić information content (AvgIpc) is 2.83. The lowest BCUT2D eigenvalue weighted by atomic mass is 10.1. The maximum absolute atomic E-state index is 12.7. The van der Waals surface area contributed by atoms with Gasteiger partial charge in [-0.15, -0.1) is 0 Å². The molecule has 120 valence electrons. The second-order valence-corrected chi connectivity index (χ2v) is 6.67. The first-order valence-electron chi connectivity index (χ1n) is 6.93. The quantitative estimate of drug-likeness (QED) is 0.653. The number of hydrogen-bond donors (Lipinski definition) is 2. The number of phenolic OH excluding ortho intramolecular Hbond substituents is 1. The van der Waals surface area contributed by atoms with Crippen LogP contribution < -0.4 is 10.6 Å². The van der Waals surface area contributed by atoms with Crippen LogP contribution in [0.1, 0.15) is 15.9 Å². The van der Waals surface area contributed by atoms with Crippen molar-refractivity contribution in [1.82, 2.24) is 0 Å². The number of benzene rings is 2. The van der Waals surface area contributed by atoms with Crippen molar-refractivity contribution in [1.29, 1.82) is 0 Å². The van der Waals surface area contributed by atoms with Gasteiger partial charge in [0.1, 0.15) is 5.75 Å². The zero-order chi connectivity index (χ0) is 17.3. The van der Waals surface area contributed by atoms with Crippen LogP contribution in [0.15, 0.2) is 53.4 Å². The number of nitrogens with zero attached hydrogens (tertiary/aromatic N) is 1. The van der Waals surface area contributed by atoms with Gasteiger partial charge in [0.15, 0.2) is 4.32 Å². The number of nitrogens with two attached hydrogens (primary N) is 1. The first kappa shape index (κ1) is 16.2. The molecule has 0 aromatic heterocycles. The van der Waals surface area contributed by atoms with Crippen LogP contribution >= 0.6 is 24.0 Å². The fourth-order valence-corrected chi connectivity index (χ4v) is 3.56. The number of thiocarbonyl (C=S) groups is 1. The van der Waals surface area contributed by atoms with Crippen molar-refractivity contribution in [3.05, 3.63) is 64.6 Å². The van der Waals surface area contributed by atoms with Crippen molar-refractivity contribution < 1.29 is 14.7 Å². The molecule has 0 saturated carbocycles. The van der Waals surface area contributed by atoms with E-state index < -0.39 is 5.91 Å². The molecule has 3 rings (SSSR count). The number of phenols is 1. The summed E-state index contributed by atoms with van der Waals surface area (Å²) in [5, 5.41) is 9.32. The summed E-state index contributed by atoms with van der Waals surface area (Å²) >= 11 is 6.45. The maximum Gasteiger partial charge on any atom is 0.270 e. The molecule has 1 heterocycles. The Morgan fingerprint density at radius 3 is 2.50 bits per heavy atom. The number of carbonyl (C=O) groups excluding carboxylic acids is 2. The van der Waals surface area contributed by atoms with Crippen molar-refractivity contribution in [2.45, 2.75) is 0 Å². The Labute approximate surface area is 147 Å². The van der Waals surface area contributed by atoms with Crippen LogP contribution in [0.25, 0.3) is 6.08 Å². The molecule has 1 saturated heterocycles. The Morgan fingerprint density at radius 2 is 1.83 bits per heavy atom. The molecule has 1 fully saturated rings. The molecule has 3 N–H and O–H groups in total. The summed E-state index contributed by atoms with van der Waals surface area (Å²) in [7, 11) is 0. The summed E-state index contributed by atoms with van der Waals surface area (Å²) in [6, 6.07) is 13.0. The maximum atomic E-state index is 12.7. The summed E-state index contributed by atoms with van der Waals surface area (Å²) < 4.78 is 0.332. The van der Waals surface area contributed by atoms with E-state index in [0.29, 0.717) is 14.9 Å². The first-order valence-corrected chi connectivity index (χ1v) is 8.15. The van der Waals surface area contributed by atoms with Crippen molar-refractivity contribution in [3.8, 4) is 5.75 Å². The summed E-state index contributed by atoms with van der Waals surface area (Å²) in [4.78, 5) is 26.0. The third-order valence-electron chi connectivity index (χ3n) is 3.39. The van der Waals surface area contributed by atoms with Gasteiger partial charge >= 0.3 is 0 Å². The first-order chi connectivity index (χ1) is 11.5. The van der Waals surface area contributed by atoms with Crippen LogP contribution in [0, 0.1) is 0 Å². The number of hydrogen-bond acceptors (Lipinski definition) is 5. The Bertz CT molecular complexity index is 876. The molecule has 5 nitrogen and oxygen atoms in total. The lowest BCUT2D eigenvalue weighted by Gasteiger charge is -2.17. The number of aromatic hydroxyl groups is 1. The van der Waals surface area contributed by atoms with Crippen molar-refractivity contribution in [3.63, 3.8) is 0 Å². The fraction of sp³-hybridized carbons (Fsp3) is 0. The topological polar surface area (TPSA) is 83.6 Å². The molecule has 0 spiro atoms. The van der Waals surface area contributed by atoms with E-state index in [-0.39, 0.29) is 17.2 Å². The number of para-hydroxylation sites is 1. The van der Waals surface area contributed by atoms with Crippen molar-refractivity contribution in [2.24, 2.45) is 5.73 Å². The Balaban J connectivity index is 1.98. The van der Waals surface area contributed by atoms with E-state index >= 15 is 0 Å². The zero-order valence-corrected chi connectivity index (χ0v) is 13.9. The lowest BCUT2D eigenvalue weighted by molar-refractivity contribution is -0.113. The predicted octanol–water partition coefficient (Wildman–Crippen LogP) is 2.90. The number of primary amides is 1. The number of amides is 2. The molecule has 0 aliphatic carbocycles. The number of anilines is 1. The normalized spacial score (nSPS) is 16.0. The van der Waals surface area contributed by atoms with Gasteiger partial charge < -0.3 is 10.8 Å². The second-order valence-electron chi connectivity index (χ2n) is 4.99. The SMILES string of the molecule is NC(=O)c1ccccc1N1C(=O)/C(=C/c2ccc(O)cc2)SC1=S. The molecule has 0 atom stereocenters. The van der Waals surface area contributed by atoms with E-state index in [2.05, 4.69) is 0 Å². The van der Waals surface area contributed by atoms with E-state index in [1.54, 1.807) is 42.5 Å². The predicted molar refractivity (Wildman–Crippen MR) is 98.7 cm³/mol. The van der Waals surface area contributed by atoms with Crippen LogP contribution in [-0.4, -0.2) is 21.2 Å². The highest BCUT2D eigenvalue weighted by Gasteiger charge is 2.35. The summed E-state index contributed by atoms with van der Waals surface area (Å²) in [5.74, 6) is -0.788. The minimum Gasteiger partial charge on any atom is -0.508 e. The van der Waals surface area contributed by atoms with Gasteiger partial charge in [0.2, 0.25) is 0 Å². The van der Waals surface area contributed by atoms with Crippen LogP contribution in [0.2, 0.25) is 0 Å². The molecule has 2 aromatic carbocycles. The Morgan fingerprint density at radius 1 is 1.17 bits per heavy atom. The summed E-state index contributed by atoms with van der Waals surface area (Å²) in [5.41, 5.74) is 6.75. The van der Waals surface area contributed by atoms with E-state index in [9.17, 15) is 14.7 Å². The molecule has 1 aliphatic rings. The smallest absolute Gasteiger partial charge is 0.270 e. The lowest BCUT2D eigenvalue weighted by Crippen LogP contribution is -2.30. The monoisotopic (exact) mass is 356 g/mol. The van der Waals surface area contributed by atoms with Crippen LogP contribution in [-0.2, 0) is 4.79 Å². The highest BCUT2D eigenvalue weighted by atomic mass is 32.2. The standard InChI is InChI=1S/C17H12N2O3S2/c18-15(21)12-3-1-2-4-13(12)19-16(22)14(24-17(19)23)9-10-5-7-11(20)8-6-10/h1-9,20H,(H2,18,21)/b14-9-. The summed E-state index contributed by atoms with van der Waals surface area (Å²) in [6.07, 6.45) is 1.69. The number of thioether (sulfide) groups is 1. The Hall–Kier alpha value is -2.64. The molecule has 24 heavy (non-hydrogen) atoms. The molecular formula is C17H12N2O3S2. The van der Waals surface area contributed by atoms with Crippen molar-refractivity contribution >= 4 is 51.9 Å². The average molecular weight is 356 g/mol. The molecule has 2 aromatic rings. The van der Waals surface area contributed by atoms with Gasteiger partial charge in [0, 0.05) is 0 Å². The summed E-state index contributed by atoms with van der Waals surface area (Å²) in [6.45, 7) is 0. The van der Waals surface area contributed by atoms with Crippen LogP contribution in [0.3, 0.4) is 0 Å². The van der Waals surface area contributed by atoms with Crippen molar-refractivity contribution in [2.75, 3.05) is 4.90 Å². The minimum atomic E-state index is -0.623. The van der Waals surface area contributed by atoms with Gasteiger partial charge in [-0.3, -0.25) is 14.5 Å². The van der Waals surface area contributed by atoms with Gasteiger partial charge in [-0.05, 0) is 35.9 Å². The van der Waals surface area contributed by atoms with Gasteiger partial charge in [-0.1, -0.05) is 48.2 Å². The van der Waals surface area contributed by atoms with E-state index in [1.165, 1.54) is 17.0 Å². The van der Waals surface area contributed by atoms with Gasteiger partial charge in [-0.2, -0.15) is 0 Å². The highest BCUT2D eigenvalue weighted by Crippen LogP contribution is 2.37. The highest BCUT2D eigenvalue weighted by molar-refractivity contribution is 8.27. The van der Waals surface area contributed by atoms with Gasteiger partial charge in [0.05, 0.1) is 16.2 Å². The van der Waals surface area contributed by atoms with Crippen LogP contribution in [0.4, 0.5) is 5.69 Å². The molecular weight excluding hydrogens is 344 g/mol. The second kappa shape index (κ2) is 6.46. The zero-order valence-electron chi connectivity index (χ0n) is 12.3. The molecule has 0 bridgehead atoms.